The van der Waals surface area contributed by atoms with Crippen LogP contribution in [0.15, 0.2) is 53.0 Å². The van der Waals surface area contributed by atoms with Crippen LogP contribution in [0.25, 0.3) is 0 Å². The Kier molecular flexibility index (Phi) is 5.27. The van der Waals surface area contributed by atoms with Crippen LogP contribution >= 0.6 is 15.9 Å². The van der Waals surface area contributed by atoms with Gasteiger partial charge in [0, 0.05) is 4.47 Å². The van der Waals surface area contributed by atoms with Crippen molar-refractivity contribution in [3.63, 3.8) is 0 Å². The van der Waals surface area contributed by atoms with Crippen molar-refractivity contribution in [2.45, 2.75) is 20.8 Å². The lowest BCUT2D eigenvalue weighted by Crippen LogP contribution is -1.70. The van der Waals surface area contributed by atoms with Crippen LogP contribution in [0, 0.1) is 20.8 Å². The highest BCUT2D eigenvalue weighted by atomic mass is 79.9. The summed E-state index contributed by atoms with van der Waals surface area (Å²) < 4.78 is 1.14. The highest BCUT2D eigenvalue weighted by Crippen LogP contribution is 2.08. The molecule has 2 rings (SSSR count). The maximum absolute atomic E-state index is 3.35. The van der Waals surface area contributed by atoms with E-state index < -0.39 is 0 Å². The Morgan fingerprint density at radius 1 is 0.562 bits per heavy atom. The molecule has 0 heterocycles. The van der Waals surface area contributed by atoms with Gasteiger partial charge in [-0.25, -0.2) is 0 Å². The van der Waals surface area contributed by atoms with Crippen molar-refractivity contribution in [2.75, 3.05) is 0 Å². The second kappa shape index (κ2) is 6.49. The number of aryl methyl sites for hydroxylation is 3. The van der Waals surface area contributed by atoms with Gasteiger partial charge in [0.15, 0.2) is 0 Å². The van der Waals surface area contributed by atoms with Crippen molar-refractivity contribution in [1.82, 2.24) is 0 Å². The van der Waals surface area contributed by atoms with Crippen molar-refractivity contribution < 1.29 is 0 Å². The molecule has 0 aliphatic heterocycles. The summed E-state index contributed by atoms with van der Waals surface area (Å²) in [6.45, 7) is 6.27. The standard InChI is InChI=1S/C8H10.C7H7Br/c1-7-3-5-8(2)6-4-7;1-6-2-4-7(8)5-3-6/h3-6H,1-2H3;2-5H,1H3. The second-order valence-electron chi connectivity index (χ2n) is 3.95. The summed E-state index contributed by atoms with van der Waals surface area (Å²) >= 11 is 3.35. The van der Waals surface area contributed by atoms with E-state index in [9.17, 15) is 0 Å². The van der Waals surface area contributed by atoms with E-state index in [-0.39, 0.29) is 0 Å². The molecule has 0 fully saturated rings. The minimum Gasteiger partial charge on any atom is -0.0591 e. The van der Waals surface area contributed by atoms with Crippen LogP contribution in [0.3, 0.4) is 0 Å². The molecule has 0 saturated carbocycles. The summed E-state index contributed by atoms with van der Waals surface area (Å²) in [5, 5.41) is 0. The molecule has 2 aromatic rings. The molecule has 0 aliphatic rings. The van der Waals surface area contributed by atoms with Crippen molar-refractivity contribution in [2.24, 2.45) is 0 Å². The minimum atomic E-state index is 1.14. The smallest absolute Gasteiger partial charge is 0.0175 e. The van der Waals surface area contributed by atoms with E-state index in [1.807, 2.05) is 12.1 Å². The molecule has 0 aliphatic carbocycles. The Morgan fingerprint density at radius 3 is 1.06 bits per heavy atom. The van der Waals surface area contributed by atoms with E-state index in [0.717, 1.165) is 4.47 Å². The SMILES string of the molecule is Cc1ccc(Br)cc1.Cc1ccc(C)cc1. The number of hydrogen-bond acceptors (Lipinski definition) is 0. The highest BCUT2D eigenvalue weighted by molar-refractivity contribution is 9.10. The average Bonchev–Trinajstić information content (AvgIpc) is 2.28. The third kappa shape index (κ3) is 5.13. The Hall–Kier alpha value is -1.08. The van der Waals surface area contributed by atoms with Crippen LogP contribution in [0.5, 0.6) is 0 Å². The van der Waals surface area contributed by atoms with Crippen molar-refractivity contribution >= 4 is 15.9 Å². The van der Waals surface area contributed by atoms with Gasteiger partial charge < -0.3 is 0 Å². The van der Waals surface area contributed by atoms with Gasteiger partial charge in [0.05, 0.1) is 0 Å². The first kappa shape index (κ1) is 13.0. The van der Waals surface area contributed by atoms with E-state index >= 15 is 0 Å². The van der Waals surface area contributed by atoms with Crippen LogP contribution in [0.4, 0.5) is 0 Å². The quantitative estimate of drug-likeness (QED) is 0.631. The lowest BCUT2D eigenvalue weighted by Gasteiger charge is -1.90. The first-order valence-electron chi connectivity index (χ1n) is 5.33. The molecule has 0 saturated heterocycles. The number of rotatable bonds is 0. The first-order valence-corrected chi connectivity index (χ1v) is 6.12. The molecular weight excluding hydrogens is 260 g/mol. The molecule has 84 valence electrons. The van der Waals surface area contributed by atoms with Gasteiger partial charge >= 0.3 is 0 Å². The van der Waals surface area contributed by atoms with Crippen LogP contribution in [0.2, 0.25) is 0 Å². The second-order valence-corrected chi connectivity index (χ2v) is 4.87. The molecule has 0 nitrogen and oxygen atoms in total. The Balaban J connectivity index is 0.000000160. The van der Waals surface area contributed by atoms with E-state index in [1.54, 1.807) is 0 Å². The van der Waals surface area contributed by atoms with Gasteiger partial charge in [-0.2, -0.15) is 0 Å². The van der Waals surface area contributed by atoms with Crippen molar-refractivity contribution in [1.29, 1.82) is 0 Å². The predicted molar refractivity (Wildman–Crippen MR) is 74.8 cm³/mol. The molecular formula is C15H17Br. The predicted octanol–water partition coefficient (Wildman–Crippen LogP) is 5.06. The molecule has 0 unspecified atom stereocenters. The molecule has 1 heteroatoms. The molecule has 0 atom stereocenters. The van der Waals surface area contributed by atoms with Crippen LogP contribution < -0.4 is 0 Å². The topological polar surface area (TPSA) is 0 Å². The summed E-state index contributed by atoms with van der Waals surface area (Å²) in [4.78, 5) is 0. The van der Waals surface area contributed by atoms with Crippen LogP contribution in [0.1, 0.15) is 16.7 Å². The highest BCUT2D eigenvalue weighted by Gasteiger charge is 1.81. The van der Waals surface area contributed by atoms with E-state index in [1.165, 1.54) is 16.7 Å². The number of hydrogen-bond donors (Lipinski definition) is 0. The van der Waals surface area contributed by atoms with E-state index in [2.05, 4.69) is 73.1 Å². The largest absolute Gasteiger partial charge is 0.0591 e. The maximum atomic E-state index is 3.35. The summed E-state index contributed by atoms with van der Waals surface area (Å²) in [5.74, 6) is 0. The summed E-state index contributed by atoms with van der Waals surface area (Å²) in [7, 11) is 0. The molecule has 0 N–H and O–H groups in total. The lowest BCUT2D eigenvalue weighted by molar-refractivity contribution is 1.40. The van der Waals surface area contributed by atoms with Crippen LogP contribution in [-0.4, -0.2) is 0 Å². The maximum Gasteiger partial charge on any atom is 0.0175 e. The molecule has 2 aromatic carbocycles. The summed E-state index contributed by atoms with van der Waals surface area (Å²) in [6.07, 6.45) is 0. The fourth-order valence-corrected chi connectivity index (χ4v) is 1.43. The fraction of sp³-hybridized carbons (Fsp3) is 0.200. The average molecular weight is 277 g/mol. The monoisotopic (exact) mass is 276 g/mol. The Bertz CT molecular complexity index is 327. The van der Waals surface area contributed by atoms with Crippen molar-refractivity contribution in [3.8, 4) is 0 Å². The summed E-state index contributed by atoms with van der Waals surface area (Å²) in [5.41, 5.74) is 3.96. The number of benzene rings is 2. The van der Waals surface area contributed by atoms with E-state index in [4.69, 9.17) is 0 Å². The molecule has 16 heavy (non-hydrogen) atoms. The first-order chi connectivity index (χ1) is 7.58. The Labute approximate surface area is 106 Å². The van der Waals surface area contributed by atoms with Gasteiger partial charge in [-0.3, -0.25) is 0 Å². The summed E-state index contributed by atoms with van der Waals surface area (Å²) in [6, 6.07) is 16.7. The van der Waals surface area contributed by atoms with E-state index in [0.29, 0.717) is 0 Å². The Morgan fingerprint density at radius 2 is 0.812 bits per heavy atom. The molecule has 0 bridgehead atoms. The van der Waals surface area contributed by atoms with Gasteiger partial charge in [-0.1, -0.05) is 69.0 Å². The van der Waals surface area contributed by atoms with Crippen molar-refractivity contribution in [3.05, 3.63) is 69.7 Å². The van der Waals surface area contributed by atoms with Gasteiger partial charge in [0.1, 0.15) is 0 Å². The third-order valence-electron chi connectivity index (χ3n) is 2.23. The van der Waals surface area contributed by atoms with Gasteiger partial charge in [-0.15, -0.1) is 0 Å². The zero-order chi connectivity index (χ0) is 12.0. The molecule has 0 aromatic heterocycles. The zero-order valence-corrected chi connectivity index (χ0v) is 11.6. The zero-order valence-electron chi connectivity index (χ0n) is 10.00. The van der Waals surface area contributed by atoms with Gasteiger partial charge in [-0.05, 0) is 32.9 Å². The third-order valence-corrected chi connectivity index (χ3v) is 2.76. The fourth-order valence-electron chi connectivity index (χ4n) is 1.17. The van der Waals surface area contributed by atoms with Gasteiger partial charge in [0.2, 0.25) is 0 Å². The van der Waals surface area contributed by atoms with Gasteiger partial charge in [0.25, 0.3) is 0 Å². The van der Waals surface area contributed by atoms with Crippen LogP contribution in [-0.2, 0) is 0 Å². The molecule has 0 amide bonds. The minimum absolute atomic E-state index is 1.14. The normalized spacial score (nSPS) is 9.25. The number of halogens is 1. The molecule has 0 spiro atoms. The molecule has 0 radical (unpaired) electrons. The lowest BCUT2D eigenvalue weighted by atomic mass is 10.2.